The highest BCUT2D eigenvalue weighted by molar-refractivity contribution is 5.85. The Morgan fingerprint density at radius 3 is 2.80 bits per heavy atom. The van der Waals surface area contributed by atoms with Gasteiger partial charge in [0.15, 0.2) is 0 Å². The number of nitrogens with one attached hydrogen (secondary N) is 2. The normalized spacial score (nSPS) is 22.2. The topological polar surface area (TPSA) is 50.4 Å². The van der Waals surface area contributed by atoms with Gasteiger partial charge in [-0.25, -0.2) is 4.79 Å². The summed E-state index contributed by atoms with van der Waals surface area (Å²) in [6.45, 7) is 4.37. The van der Waals surface area contributed by atoms with Crippen LogP contribution in [0.1, 0.15) is 31.7 Å². The molecule has 2 N–H and O–H groups in total. The Balaban J connectivity index is 0.00000200. The molecular formula is C15H23ClN2O2. The van der Waals surface area contributed by atoms with Crippen LogP contribution in [0.3, 0.4) is 0 Å². The Morgan fingerprint density at radius 1 is 1.30 bits per heavy atom. The maximum absolute atomic E-state index is 11.8. The second kappa shape index (κ2) is 8.12. The standard InChI is InChI=1S/C15H22N2O2.ClH/c1-15(8-5-10-16-11-9-15)17-14(18)19-12-13-6-3-2-4-7-13;/h2-4,6-7,16H,5,8-12H2,1H3,(H,17,18);1H. The van der Waals surface area contributed by atoms with Gasteiger partial charge in [-0.2, -0.15) is 0 Å². The number of benzene rings is 1. The van der Waals surface area contributed by atoms with E-state index in [9.17, 15) is 4.79 Å². The minimum Gasteiger partial charge on any atom is -0.445 e. The first-order valence-corrected chi connectivity index (χ1v) is 6.88. The summed E-state index contributed by atoms with van der Waals surface area (Å²) in [5.74, 6) is 0. The zero-order valence-electron chi connectivity index (χ0n) is 11.9. The number of alkyl carbamates (subject to hydrolysis) is 1. The number of hydrogen-bond donors (Lipinski definition) is 2. The second-order valence-electron chi connectivity index (χ2n) is 5.35. The molecule has 0 saturated carbocycles. The Kier molecular flexibility index (Phi) is 6.82. The summed E-state index contributed by atoms with van der Waals surface area (Å²) in [6, 6.07) is 9.72. The minimum atomic E-state index is -0.326. The molecular weight excluding hydrogens is 276 g/mol. The van der Waals surface area contributed by atoms with Gasteiger partial charge >= 0.3 is 6.09 Å². The molecule has 0 bridgehead atoms. The van der Waals surface area contributed by atoms with Crippen molar-refractivity contribution in [3.8, 4) is 0 Å². The molecule has 1 atom stereocenters. The maximum Gasteiger partial charge on any atom is 0.407 e. The summed E-state index contributed by atoms with van der Waals surface area (Å²) in [4.78, 5) is 11.8. The van der Waals surface area contributed by atoms with Crippen LogP contribution >= 0.6 is 12.4 Å². The zero-order valence-corrected chi connectivity index (χ0v) is 12.7. The van der Waals surface area contributed by atoms with Crippen LogP contribution in [0.25, 0.3) is 0 Å². The Bertz CT molecular complexity index is 404. The number of hydrogen-bond acceptors (Lipinski definition) is 3. The third-order valence-electron chi connectivity index (χ3n) is 3.55. The lowest BCUT2D eigenvalue weighted by Gasteiger charge is -2.28. The zero-order chi connectivity index (χ0) is 13.6. The maximum atomic E-state index is 11.8. The van der Waals surface area contributed by atoms with Crippen molar-refractivity contribution >= 4 is 18.5 Å². The Morgan fingerprint density at radius 2 is 2.05 bits per heavy atom. The van der Waals surface area contributed by atoms with Crippen LogP contribution in [0.15, 0.2) is 30.3 Å². The van der Waals surface area contributed by atoms with Crippen molar-refractivity contribution in [2.24, 2.45) is 0 Å². The van der Waals surface area contributed by atoms with Gasteiger partial charge in [0.25, 0.3) is 0 Å². The largest absolute Gasteiger partial charge is 0.445 e. The van der Waals surface area contributed by atoms with E-state index in [0.29, 0.717) is 6.61 Å². The third-order valence-corrected chi connectivity index (χ3v) is 3.55. The van der Waals surface area contributed by atoms with Gasteiger partial charge in [0, 0.05) is 5.54 Å². The third kappa shape index (κ3) is 5.39. The van der Waals surface area contributed by atoms with E-state index >= 15 is 0 Å². The highest BCUT2D eigenvalue weighted by Gasteiger charge is 2.27. The molecule has 1 heterocycles. The van der Waals surface area contributed by atoms with Crippen molar-refractivity contribution in [3.63, 3.8) is 0 Å². The molecule has 0 radical (unpaired) electrons. The van der Waals surface area contributed by atoms with E-state index in [4.69, 9.17) is 4.74 Å². The lowest BCUT2D eigenvalue weighted by molar-refractivity contribution is 0.126. The van der Waals surface area contributed by atoms with Gasteiger partial charge in [-0.15, -0.1) is 12.4 Å². The smallest absolute Gasteiger partial charge is 0.407 e. The summed E-state index contributed by atoms with van der Waals surface area (Å²) in [6.07, 6.45) is 2.68. The predicted molar refractivity (Wildman–Crippen MR) is 82.1 cm³/mol. The van der Waals surface area contributed by atoms with Crippen LogP contribution < -0.4 is 10.6 Å². The predicted octanol–water partition coefficient (Wildman–Crippen LogP) is 2.87. The van der Waals surface area contributed by atoms with Gasteiger partial charge in [-0.05, 0) is 44.8 Å². The van der Waals surface area contributed by atoms with Crippen molar-refractivity contribution in [3.05, 3.63) is 35.9 Å². The van der Waals surface area contributed by atoms with E-state index in [-0.39, 0.29) is 24.0 Å². The van der Waals surface area contributed by atoms with E-state index in [1.165, 1.54) is 0 Å². The van der Waals surface area contributed by atoms with Gasteiger partial charge in [0.2, 0.25) is 0 Å². The summed E-state index contributed by atoms with van der Waals surface area (Å²) >= 11 is 0. The number of carbonyl (C=O) groups excluding carboxylic acids is 1. The van der Waals surface area contributed by atoms with Crippen molar-refractivity contribution in [2.45, 2.75) is 38.3 Å². The molecule has 112 valence electrons. The molecule has 2 rings (SSSR count). The first-order valence-electron chi connectivity index (χ1n) is 6.88. The molecule has 1 saturated heterocycles. The van der Waals surface area contributed by atoms with Crippen molar-refractivity contribution < 1.29 is 9.53 Å². The fraction of sp³-hybridized carbons (Fsp3) is 0.533. The van der Waals surface area contributed by atoms with E-state index in [2.05, 4.69) is 17.6 Å². The molecule has 0 spiro atoms. The average molecular weight is 299 g/mol. The van der Waals surface area contributed by atoms with Crippen LogP contribution in [-0.4, -0.2) is 24.7 Å². The Labute approximate surface area is 126 Å². The molecule has 1 aromatic carbocycles. The highest BCUT2D eigenvalue weighted by Crippen LogP contribution is 2.18. The number of carbonyl (C=O) groups is 1. The molecule has 0 aromatic heterocycles. The van der Waals surface area contributed by atoms with Gasteiger partial charge in [0.05, 0.1) is 0 Å². The lowest BCUT2D eigenvalue weighted by atomic mass is 9.93. The van der Waals surface area contributed by atoms with E-state index in [0.717, 1.165) is 37.9 Å². The molecule has 5 heteroatoms. The van der Waals surface area contributed by atoms with E-state index in [1.807, 2.05) is 30.3 Å². The molecule has 1 amide bonds. The summed E-state index contributed by atoms with van der Waals surface area (Å²) in [5.41, 5.74) is 0.849. The van der Waals surface area contributed by atoms with Crippen molar-refractivity contribution in [1.29, 1.82) is 0 Å². The van der Waals surface area contributed by atoms with E-state index in [1.54, 1.807) is 0 Å². The van der Waals surface area contributed by atoms with Gasteiger partial charge in [-0.1, -0.05) is 30.3 Å². The van der Waals surface area contributed by atoms with Gasteiger partial charge in [-0.3, -0.25) is 0 Å². The first-order chi connectivity index (χ1) is 9.18. The van der Waals surface area contributed by atoms with Crippen molar-refractivity contribution in [2.75, 3.05) is 13.1 Å². The minimum absolute atomic E-state index is 0. The van der Waals surface area contributed by atoms with Gasteiger partial charge in [0.1, 0.15) is 6.61 Å². The number of ether oxygens (including phenoxy) is 1. The van der Waals surface area contributed by atoms with Crippen LogP contribution in [0, 0.1) is 0 Å². The molecule has 20 heavy (non-hydrogen) atoms. The van der Waals surface area contributed by atoms with Gasteiger partial charge < -0.3 is 15.4 Å². The summed E-state index contributed by atoms with van der Waals surface area (Å²) < 4.78 is 5.27. The molecule has 1 fully saturated rings. The van der Waals surface area contributed by atoms with Crippen LogP contribution in [0.4, 0.5) is 4.79 Å². The van der Waals surface area contributed by atoms with Crippen LogP contribution in [-0.2, 0) is 11.3 Å². The van der Waals surface area contributed by atoms with Crippen LogP contribution in [0.5, 0.6) is 0 Å². The fourth-order valence-electron chi connectivity index (χ4n) is 2.35. The molecule has 1 aliphatic heterocycles. The fourth-order valence-corrected chi connectivity index (χ4v) is 2.35. The lowest BCUT2D eigenvalue weighted by Crippen LogP contribution is -2.46. The Hall–Kier alpha value is -1.26. The first kappa shape index (κ1) is 16.8. The molecule has 4 nitrogen and oxygen atoms in total. The average Bonchev–Trinajstić information content (AvgIpc) is 2.62. The SMILES string of the molecule is CC1(NC(=O)OCc2ccccc2)CCCNCC1.Cl. The number of rotatable bonds is 3. The second-order valence-corrected chi connectivity index (χ2v) is 5.35. The molecule has 0 aliphatic carbocycles. The van der Waals surface area contributed by atoms with Crippen LogP contribution in [0.2, 0.25) is 0 Å². The molecule has 1 aliphatic rings. The van der Waals surface area contributed by atoms with Crippen molar-refractivity contribution in [1.82, 2.24) is 10.6 Å². The summed E-state index contributed by atoms with van der Waals surface area (Å²) in [5, 5.41) is 6.35. The van der Waals surface area contributed by atoms with E-state index < -0.39 is 0 Å². The number of halogens is 1. The highest BCUT2D eigenvalue weighted by atomic mass is 35.5. The monoisotopic (exact) mass is 298 g/mol. The quantitative estimate of drug-likeness (QED) is 0.902. The number of amides is 1. The summed E-state index contributed by atoms with van der Waals surface area (Å²) in [7, 11) is 0. The molecule has 1 unspecified atom stereocenters. The molecule has 1 aromatic rings.